The van der Waals surface area contributed by atoms with E-state index >= 15 is 0 Å². The maximum absolute atomic E-state index is 12.2. The number of benzene rings is 1. The van der Waals surface area contributed by atoms with Crippen LogP contribution in [0.25, 0.3) is 0 Å². The van der Waals surface area contributed by atoms with Crippen LogP contribution in [-0.2, 0) is 14.8 Å². The lowest BCUT2D eigenvalue weighted by Gasteiger charge is -2.24. The van der Waals surface area contributed by atoms with Crippen molar-refractivity contribution in [1.82, 2.24) is 5.32 Å². The Morgan fingerprint density at radius 2 is 1.96 bits per heavy atom. The van der Waals surface area contributed by atoms with Crippen molar-refractivity contribution < 1.29 is 17.9 Å². The van der Waals surface area contributed by atoms with Gasteiger partial charge in [-0.25, -0.2) is 8.42 Å². The lowest BCUT2D eigenvalue weighted by Crippen LogP contribution is -2.41. The van der Waals surface area contributed by atoms with Gasteiger partial charge in [0, 0.05) is 17.0 Å². The highest BCUT2D eigenvalue weighted by molar-refractivity contribution is 8.00. The second-order valence-electron chi connectivity index (χ2n) is 6.76. The summed E-state index contributed by atoms with van der Waals surface area (Å²) in [6, 6.07) is 5.22. The van der Waals surface area contributed by atoms with Crippen LogP contribution < -0.4 is 14.4 Å². The molecule has 0 aliphatic carbocycles. The average molecular weight is 389 g/mol. The molecule has 0 atom stereocenters. The van der Waals surface area contributed by atoms with Gasteiger partial charge in [0.25, 0.3) is 0 Å². The molecular weight excluding hydrogens is 360 g/mol. The van der Waals surface area contributed by atoms with Crippen LogP contribution in [0.4, 0.5) is 5.69 Å². The Balaban J connectivity index is 2.85. The molecular formula is C17H28N2O4S2. The molecule has 0 fully saturated rings. The number of carbonyl (C=O) groups excluding carboxylic acids is 1. The van der Waals surface area contributed by atoms with E-state index in [4.69, 9.17) is 4.74 Å². The highest BCUT2D eigenvalue weighted by atomic mass is 32.2. The predicted molar refractivity (Wildman–Crippen MR) is 105 cm³/mol. The lowest BCUT2D eigenvalue weighted by atomic mass is 10.2. The molecule has 1 aromatic carbocycles. The zero-order valence-corrected chi connectivity index (χ0v) is 17.4. The first-order valence-corrected chi connectivity index (χ1v) is 10.8. The Bertz CT molecular complexity index is 697. The third kappa shape index (κ3) is 7.56. The maximum Gasteiger partial charge on any atom is 0.240 e. The van der Waals surface area contributed by atoms with Gasteiger partial charge in [-0.05, 0) is 24.6 Å². The molecule has 25 heavy (non-hydrogen) atoms. The Hall–Kier alpha value is -1.41. The van der Waals surface area contributed by atoms with E-state index in [2.05, 4.69) is 26.1 Å². The zero-order valence-electron chi connectivity index (χ0n) is 15.8. The van der Waals surface area contributed by atoms with Crippen LogP contribution in [0.5, 0.6) is 5.75 Å². The minimum atomic E-state index is -3.63. The summed E-state index contributed by atoms with van der Waals surface area (Å²) in [5.41, 5.74) is 1.25. The number of thioether (sulfide) groups is 1. The molecule has 0 aliphatic heterocycles. The van der Waals surface area contributed by atoms with Gasteiger partial charge < -0.3 is 10.1 Å². The van der Waals surface area contributed by atoms with Gasteiger partial charge in [0.1, 0.15) is 12.3 Å². The second-order valence-corrected chi connectivity index (χ2v) is 10.6. The quantitative estimate of drug-likeness (QED) is 0.692. The van der Waals surface area contributed by atoms with Gasteiger partial charge in [0.05, 0.1) is 19.1 Å². The van der Waals surface area contributed by atoms with Gasteiger partial charge in [-0.1, -0.05) is 26.8 Å². The van der Waals surface area contributed by atoms with E-state index in [0.29, 0.717) is 18.0 Å². The van der Waals surface area contributed by atoms with Gasteiger partial charge in [-0.3, -0.25) is 9.10 Å². The molecule has 0 aliphatic rings. The molecule has 1 amide bonds. The third-order valence-corrected chi connectivity index (χ3v) is 5.65. The summed E-state index contributed by atoms with van der Waals surface area (Å²) in [6.45, 7) is 8.38. The number of sulfonamides is 1. The lowest BCUT2D eigenvalue weighted by molar-refractivity contribution is -0.119. The number of carbonyl (C=O) groups is 1. The molecule has 0 unspecified atom stereocenters. The predicted octanol–water partition coefficient (Wildman–Crippen LogP) is 2.42. The average Bonchev–Trinajstić information content (AvgIpc) is 2.47. The van der Waals surface area contributed by atoms with Gasteiger partial charge in [-0.15, -0.1) is 0 Å². The summed E-state index contributed by atoms with van der Waals surface area (Å²) in [5.74, 6) is 0.831. The van der Waals surface area contributed by atoms with E-state index in [9.17, 15) is 13.2 Å². The van der Waals surface area contributed by atoms with Gasteiger partial charge in [0.15, 0.2) is 0 Å². The summed E-state index contributed by atoms with van der Waals surface area (Å²) in [4.78, 5) is 12.2. The zero-order chi connectivity index (χ0) is 19.3. The minimum absolute atomic E-state index is 0.123. The van der Waals surface area contributed by atoms with Gasteiger partial charge in [0.2, 0.25) is 15.9 Å². The fourth-order valence-electron chi connectivity index (χ4n) is 2.11. The van der Waals surface area contributed by atoms with Crippen molar-refractivity contribution in [2.24, 2.45) is 0 Å². The van der Waals surface area contributed by atoms with Crippen molar-refractivity contribution in [1.29, 1.82) is 0 Å². The number of methoxy groups -OCH3 is 1. The number of amides is 1. The molecule has 0 spiro atoms. The summed E-state index contributed by atoms with van der Waals surface area (Å²) in [7, 11) is -2.16. The second kappa shape index (κ2) is 8.80. The molecule has 0 radical (unpaired) electrons. The first-order valence-electron chi connectivity index (χ1n) is 7.97. The van der Waals surface area contributed by atoms with Crippen LogP contribution in [0.15, 0.2) is 18.2 Å². The van der Waals surface area contributed by atoms with Crippen molar-refractivity contribution in [3.05, 3.63) is 23.8 Å². The largest absolute Gasteiger partial charge is 0.495 e. The number of anilines is 1. The van der Waals surface area contributed by atoms with Crippen LogP contribution in [0, 0.1) is 6.92 Å². The first-order chi connectivity index (χ1) is 11.4. The number of nitrogens with one attached hydrogen (secondary N) is 1. The maximum atomic E-state index is 12.2. The van der Waals surface area contributed by atoms with E-state index in [1.165, 1.54) is 7.11 Å². The summed E-state index contributed by atoms with van der Waals surface area (Å²) < 4.78 is 30.8. The smallest absolute Gasteiger partial charge is 0.240 e. The number of nitrogens with zero attached hydrogens (tertiary/aromatic N) is 1. The van der Waals surface area contributed by atoms with E-state index in [-0.39, 0.29) is 17.2 Å². The van der Waals surface area contributed by atoms with Crippen molar-refractivity contribution in [2.45, 2.75) is 32.4 Å². The number of ether oxygens (including phenoxy) is 1. The van der Waals surface area contributed by atoms with Gasteiger partial charge in [-0.2, -0.15) is 11.8 Å². The van der Waals surface area contributed by atoms with E-state index in [1.807, 2.05) is 13.0 Å². The summed E-state index contributed by atoms with van der Waals surface area (Å²) >= 11 is 1.74. The van der Waals surface area contributed by atoms with Crippen LogP contribution in [0.3, 0.4) is 0 Å². The number of hydrogen-bond acceptors (Lipinski definition) is 5. The van der Waals surface area contributed by atoms with Crippen molar-refractivity contribution in [2.75, 3.05) is 36.5 Å². The Morgan fingerprint density at radius 1 is 1.32 bits per heavy atom. The van der Waals surface area contributed by atoms with Crippen LogP contribution in [0.2, 0.25) is 0 Å². The Kier molecular flexibility index (Phi) is 7.62. The third-order valence-electron chi connectivity index (χ3n) is 3.25. The highest BCUT2D eigenvalue weighted by Gasteiger charge is 2.24. The molecule has 8 heteroatoms. The first kappa shape index (κ1) is 21.6. The molecule has 0 aromatic heterocycles. The molecule has 0 bridgehead atoms. The highest BCUT2D eigenvalue weighted by Crippen LogP contribution is 2.30. The standard InChI is InChI=1S/C17H28N2O4S2/c1-13-7-8-15(23-5)14(11-13)19(25(6,21)22)12-16(20)18-9-10-24-17(2,3)4/h7-8,11H,9-10,12H2,1-6H3,(H,18,20). The normalized spacial score (nSPS) is 11.9. The van der Waals surface area contributed by atoms with E-state index in [1.54, 1.807) is 23.9 Å². The Labute approximate surface area is 155 Å². The van der Waals surface area contributed by atoms with E-state index < -0.39 is 10.0 Å². The SMILES string of the molecule is COc1ccc(C)cc1N(CC(=O)NCCSC(C)(C)C)S(C)(=O)=O. The van der Waals surface area contributed by atoms with Crippen LogP contribution >= 0.6 is 11.8 Å². The minimum Gasteiger partial charge on any atom is -0.495 e. The molecule has 6 nitrogen and oxygen atoms in total. The molecule has 142 valence electrons. The molecule has 0 saturated carbocycles. The molecule has 1 N–H and O–H groups in total. The van der Waals surface area contributed by atoms with Crippen molar-refractivity contribution in [3.63, 3.8) is 0 Å². The van der Waals surface area contributed by atoms with Crippen molar-refractivity contribution in [3.8, 4) is 5.75 Å². The summed E-state index contributed by atoms with van der Waals surface area (Å²) in [5, 5.41) is 2.77. The number of aryl methyl sites for hydroxylation is 1. The summed E-state index contributed by atoms with van der Waals surface area (Å²) in [6.07, 6.45) is 1.08. The topological polar surface area (TPSA) is 75.7 Å². The molecule has 1 aromatic rings. The number of hydrogen-bond donors (Lipinski definition) is 1. The van der Waals surface area contributed by atoms with Crippen LogP contribution in [0.1, 0.15) is 26.3 Å². The monoisotopic (exact) mass is 388 g/mol. The van der Waals surface area contributed by atoms with Crippen LogP contribution in [-0.4, -0.2) is 51.3 Å². The number of rotatable bonds is 8. The fourth-order valence-corrected chi connectivity index (χ4v) is 3.78. The fraction of sp³-hybridized carbons (Fsp3) is 0.588. The van der Waals surface area contributed by atoms with E-state index in [0.717, 1.165) is 21.9 Å². The van der Waals surface area contributed by atoms with Crippen molar-refractivity contribution >= 4 is 33.4 Å². The molecule has 0 saturated heterocycles. The molecule has 1 rings (SSSR count). The Morgan fingerprint density at radius 3 is 2.48 bits per heavy atom. The molecule has 0 heterocycles. The van der Waals surface area contributed by atoms with Gasteiger partial charge >= 0.3 is 0 Å².